The number of benzene rings is 1. The van der Waals surface area contributed by atoms with Crippen LogP contribution >= 0.6 is 15.9 Å². The van der Waals surface area contributed by atoms with Crippen molar-refractivity contribution in [3.05, 3.63) is 27.1 Å². The van der Waals surface area contributed by atoms with E-state index < -0.39 is 0 Å². The number of nitroso groups, excluding NO2 is 1. The second-order valence-corrected chi connectivity index (χ2v) is 4.68. The third kappa shape index (κ3) is 4.29. The Kier molecular flexibility index (Phi) is 6.72. The highest BCUT2D eigenvalue weighted by Crippen LogP contribution is 2.37. The van der Waals surface area contributed by atoms with Gasteiger partial charge in [0, 0.05) is 0 Å². The number of hydrogen-bond acceptors (Lipinski definition) is 4. The summed E-state index contributed by atoms with van der Waals surface area (Å²) in [6, 6.07) is 3.64. The van der Waals surface area contributed by atoms with Crippen LogP contribution in [0.5, 0.6) is 11.5 Å². The molecule has 18 heavy (non-hydrogen) atoms. The highest BCUT2D eigenvalue weighted by molar-refractivity contribution is 9.10. The zero-order valence-corrected chi connectivity index (χ0v) is 12.3. The summed E-state index contributed by atoms with van der Waals surface area (Å²) in [4.78, 5) is 10.3. The van der Waals surface area contributed by atoms with Crippen molar-refractivity contribution in [3.8, 4) is 11.5 Å². The zero-order valence-electron chi connectivity index (χ0n) is 10.7. The minimum absolute atomic E-state index is 0.133. The van der Waals surface area contributed by atoms with Crippen molar-refractivity contribution in [2.75, 3.05) is 13.2 Å². The van der Waals surface area contributed by atoms with Crippen LogP contribution in [0.15, 0.2) is 21.8 Å². The molecule has 0 unspecified atom stereocenters. The molecule has 0 aliphatic carbocycles. The smallest absolute Gasteiger partial charge is 0.175 e. The summed E-state index contributed by atoms with van der Waals surface area (Å²) in [6.45, 7) is 5.36. The van der Waals surface area contributed by atoms with Gasteiger partial charge >= 0.3 is 0 Å². The molecule has 4 nitrogen and oxygen atoms in total. The summed E-state index contributed by atoms with van der Waals surface area (Å²) in [5, 5.41) is 2.89. The molecule has 0 radical (unpaired) electrons. The van der Waals surface area contributed by atoms with Gasteiger partial charge in [0.2, 0.25) is 0 Å². The number of halogens is 1. The van der Waals surface area contributed by atoms with E-state index in [2.05, 4.69) is 28.0 Å². The maximum absolute atomic E-state index is 10.3. The summed E-state index contributed by atoms with van der Waals surface area (Å²) in [7, 11) is 0. The van der Waals surface area contributed by atoms with E-state index in [1.807, 2.05) is 13.0 Å². The second-order valence-electron chi connectivity index (χ2n) is 3.83. The highest BCUT2D eigenvalue weighted by Gasteiger charge is 2.12. The normalized spacial score (nSPS) is 10.2. The SMILES string of the molecule is CCCCOc1c(Br)cc(CN=O)cc1OCC. The van der Waals surface area contributed by atoms with E-state index in [9.17, 15) is 4.91 Å². The first-order chi connectivity index (χ1) is 8.72. The van der Waals surface area contributed by atoms with E-state index in [1.54, 1.807) is 6.07 Å². The summed E-state index contributed by atoms with van der Waals surface area (Å²) in [5.74, 6) is 1.35. The molecule has 0 saturated carbocycles. The lowest BCUT2D eigenvalue weighted by Gasteiger charge is -2.14. The van der Waals surface area contributed by atoms with Crippen molar-refractivity contribution in [2.24, 2.45) is 5.18 Å². The molecule has 0 heterocycles. The Morgan fingerprint density at radius 2 is 2.06 bits per heavy atom. The van der Waals surface area contributed by atoms with Crippen LogP contribution in [-0.4, -0.2) is 13.2 Å². The average Bonchev–Trinajstić information content (AvgIpc) is 2.33. The molecule has 0 aromatic heterocycles. The van der Waals surface area contributed by atoms with Gasteiger partial charge in [0.15, 0.2) is 11.5 Å². The van der Waals surface area contributed by atoms with Gasteiger partial charge in [-0.3, -0.25) is 0 Å². The van der Waals surface area contributed by atoms with E-state index in [-0.39, 0.29) is 6.54 Å². The van der Waals surface area contributed by atoms with Gasteiger partial charge in [-0.2, -0.15) is 4.91 Å². The predicted octanol–water partition coefficient (Wildman–Crippen LogP) is 4.29. The van der Waals surface area contributed by atoms with Crippen LogP contribution in [-0.2, 0) is 6.54 Å². The third-order valence-electron chi connectivity index (χ3n) is 2.36. The van der Waals surface area contributed by atoms with Gasteiger partial charge in [-0.15, -0.1) is 0 Å². The molecular formula is C13H18BrNO3. The third-order valence-corrected chi connectivity index (χ3v) is 2.95. The highest BCUT2D eigenvalue weighted by atomic mass is 79.9. The molecule has 5 heteroatoms. The number of rotatable bonds is 8. The molecule has 0 amide bonds. The first-order valence-electron chi connectivity index (χ1n) is 6.10. The fourth-order valence-corrected chi connectivity index (χ4v) is 2.11. The lowest BCUT2D eigenvalue weighted by Crippen LogP contribution is -2.02. The van der Waals surface area contributed by atoms with E-state index in [0.29, 0.717) is 24.7 Å². The van der Waals surface area contributed by atoms with Gasteiger partial charge in [-0.25, -0.2) is 0 Å². The van der Waals surface area contributed by atoms with Crippen molar-refractivity contribution in [2.45, 2.75) is 33.2 Å². The lowest BCUT2D eigenvalue weighted by atomic mass is 10.2. The molecule has 100 valence electrons. The Bertz CT molecular complexity index is 396. The van der Waals surface area contributed by atoms with Gasteiger partial charge in [-0.05, 0) is 47.0 Å². The predicted molar refractivity (Wildman–Crippen MR) is 75.2 cm³/mol. The van der Waals surface area contributed by atoms with Crippen molar-refractivity contribution in [1.82, 2.24) is 0 Å². The molecule has 1 rings (SSSR count). The lowest BCUT2D eigenvalue weighted by molar-refractivity contribution is 0.271. The van der Waals surface area contributed by atoms with E-state index in [4.69, 9.17) is 9.47 Å². The monoisotopic (exact) mass is 315 g/mol. The minimum Gasteiger partial charge on any atom is -0.490 e. The summed E-state index contributed by atoms with van der Waals surface area (Å²) >= 11 is 3.44. The molecule has 0 atom stereocenters. The number of nitrogens with zero attached hydrogens (tertiary/aromatic N) is 1. The van der Waals surface area contributed by atoms with Crippen LogP contribution in [0.1, 0.15) is 32.3 Å². The van der Waals surface area contributed by atoms with Gasteiger partial charge in [0.05, 0.1) is 17.7 Å². The van der Waals surface area contributed by atoms with Gasteiger partial charge in [0.1, 0.15) is 6.54 Å². The Balaban J connectivity index is 2.94. The summed E-state index contributed by atoms with van der Waals surface area (Å²) in [6.07, 6.45) is 2.07. The maximum atomic E-state index is 10.3. The van der Waals surface area contributed by atoms with Crippen molar-refractivity contribution >= 4 is 15.9 Å². The average molecular weight is 316 g/mol. The van der Waals surface area contributed by atoms with Crippen molar-refractivity contribution in [3.63, 3.8) is 0 Å². The molecule has 0 saturated heterocycles. The van der Waals surface area contributed by atoms with Crippen LogP contribution < -0.4 is 9.47 Å². The fraction of sp³-hybridized carbons (Fsp3) is 0.538. The van der Waals surface area contributed by atoms with E-state index >= 15 is 0 Å². The molecule has 0 N–H and O–H groups in total. The Morgan fingerprint density at radius 3 is 2.67 bits per heavy atom. The van der Waals surface area contributed by atoms with Gasteiger partial charge in [-0.1, -0.05) is 18.5 Å². The summed E-state index contributed by atoms with van der Waals surface area (Å²) in [5.41, 5.74) is 0.808. The first-order valence-corrected chi connectivity index (χ1v) is 6.89. The second kappa shape index (κ2) is 8.08. The molecule has 0 aliphatic rings. The molecule has 0 bridgehead atoms. The van der Waals surface area contributed by atoms with Crippen LogP contribution in [0.4, 0.5) is 0 Å². The summed E-state index contributed by atoms with van der Waals surface area (Å²) < 4.78 is 12.0. The Morgan fingerprint density at radius 1 is 1.28 bits per heavy atom. The quantitative estimate of drug-likeness (QED) is 0.531. The molecular weight excluding hydrogens is 298 g/mol. The largest absolute Gasteiger partial charge is 0.490 e. The van der Waals surface area contributed by atoms with Gasteiger partial charge < -0.3 is 9.47 Å². The molecule has 0 spiro atoms. The zero-order chi connectivity index (χ0) is 13.4. The van der Waals surface area contributed by atoms with Crippen LogP contribution in [0.25, 0.3) is 0 Å². The van der Waals surface area contributed by atoms with Crippen LogP contribution in [0, 0.1) is 4.91 Å². The number of hydrogen-bond donors (Lipinski definition) is 0. The van der Waals surface area contributed by atoms with Crippen molar-refractivity contribution in [1.29, 1.82) is 0 Å². The Labute approximate surface area is 116 Å². The number of ether oxygens (including phenoxy) is 2. The fourth-order valence-electron chi connectivity index (χ4n) is 1.51. The topological polar surface area (TPSA) is 47.9 Å². The molecule has 0 fully saturated rings. The minimum atomic E-state index is 0.133. The maximum Gasteiger partial charge on any atom is 0.175 e. The van der Waals surface area contributed by atoms with E-state index in [0.717, 1.165) is 22.9 Å². The van der Waals surface area contributed by atoms with Gasteiger partial charge in [0.25, 0.3) is 0 Å². The standard InChI is InChI=1S/C13H18BrNO3/c1-3-5-6-18-13-11(14)7-10(9-15-16)8-12(13)17-4-2/h7-8H,3-6,9H2,1-2H3. The van der Waals surface area contributed by atoms with Crippen molar-refractivity contribution < 1.29 is 9.47 Å². The van der Waals surface area contributed by atoms with E-state index in [1.165, 1.54) is 0 Å². The first kappa shape index (κ1) is 15.0. The molecule has 1 aromatic carbocycles. The molecule has 0 aliphatic heterocycles. The molecule has 1 aromatic rings. The van der Waals surface area contributed by atoms with Crippen LogP contribution in [0.3, 0.4) is 0 Å². The number of unbranched alkanes of at least 4 members (excludes halogenated alkanes) is 1. The van der Waals surface area contributed by atoms with Crippen LogP contribution in [0.2, 0.25) is 0 Å². The Hall–Kier alpha value is -1.10.